The number of hydrogen-bond acceptors (Lipinski definition) is 3. The standard InChI is InChI=1S/C24H31N3O2S/c1-17-7-6-8-18(2)23(17)25-22(28)16-26-11-13-27(14-12-26)24(29)21-15-19-9-4-3-5-10-20(19)30-21/h6-8,15H,3-5,9-14,16H2,1-2H3,(H,25,28)/p+1. The normalized spacial score (nSPS) is 17.3. The summed E-state index contributed by atoms with van der Waals surface area (Å²) in [6, 6.07) is 8.19. The number of fused-ring (bicyclic) bond motifs is 1. The predicted octanol–water partition coefficient (Wildman–Crippen LogP) is 2.61. The maximum Gasteiger partial charge on any atom is 0.279 e. The molecule has 0 unspecified atom stereocenters. The maximum absolute atomic E-state index is 13.0. The number of piperazine rings is 1. The van der Waals surface area contributed by atoms with Gasteiger partial charge >= 0.3 is 0 Å². The van der Waals surface area contributed by atoms with Gasteiger partial charge in [0, 0.05) is 10.6 Å². The number of rotatable bonds is 4. The maximum atomic E-state index is 13.0. The number of aryl methyl sites for hydroxylation is 4. The largest absolute Gasteiger partial charge is 0.327 e. The molecule has 4 rings (SSSR count). The highest BCUT2D eigenvalue weighted by Crippen LogP contribution is 2.29. The van der Waals surface area contributed by atoms with Crippen LogP contribution in [0.15, 0.2) is 24.3 Å². The van der Waals surface area contributed by atoms with E-state index in [-0.39, 0.29) is 11.8 Å². The van der Waals surface area contributed by atoms with Gasteiger partial charge in [0.25, 0.3) is 11.8 Å². The SMILES string of the molecule is Cc1cccc(C)c1NC(=O)C[NH+]1CCN(C(=O)c2cc3c(s2)CCCCC3)CC1. The Morgan fingerprint density at radius 2 is 1.77 bits per heavy atom. The van der Waals surface area contributed by atoms with Crippen molar-refractivity contribution < 1.29 is 14.5 Å². The summed E-state index contributed by atoms with van der Waals surface area (Å²) >= 11 is 1.70. The lowest BCUT2D eigenvalue weighted by molar-refractivity contribution is -0.895. The van der Waals surface area contributed by atoms with Crippen LogP contribution < -0.4 is 10.2 Å². The van der Waals surface area contributed by atoms with Gasteiger partial charge in [0.1, 0.15) is 0 Å². The van der Waals surface area contributed by atoms with Crippen molar-refractivity contribution in [2.24, 2.45) is 0 Å². The minimum absolute atomic E-state index is 0.0455. The number of para-hydroxylation sites is 1. The molecular formula is C24H32N3O2S+. The van der Waals surface area contributed by atoms with Crippen LogP contribution in [0, 0.1) is 13.8 Å². The third kappa shape index (κ3) is 4.76. The van der Waals surface area contributed by atoms with Crippen LogP contribution in [0.1, 0.15) is 50.5 Å². The Bertz CT molecular complexity index is 885. The van der Waals surface area contributed by atoms with E-state index in [0.717, 1.165) is 47.6 Å². The van der Waals surface area contributed by atoms with Gasteiger partial charge in [0.2, 0.25) is 0 Å². The Kier molecular flexibility index (Phi) is 6.54. The van der Waals surface area contributed by atoms with E-state index in [4.69, 9.17) is 0 Å². The summed E-state index contributed by atoms with van der Waals surface area (Å²) in [5.41, 5.74) is 4.49. The molecule has 2 aromatic rings. The molecule has 1 aliphatic carbocycles. The van der Waals surface area contributed by atoms with Gasteiger partial charge in [-0.3, -0.25) is 9.59 Å². The molecule has 1 fully saturated rings. The fourth-order valence-electron chi connectivity index (χ4n) is 4.55. The van der Waals surface area contributed by atoms with E-state index in [2.05, 4.69) is 11.4 Å². The molecular weight excluding hydrogens is 394 g/mol. The Balaban J connectivity index is 1.29. The highest BCUT2D eigenvalue weighted by atomic mass is 32.1. The molecule has 2 heterocycles. The Labute approximate surface area is 183 Å². The zero-order chi connectivity index (χ0) is 21.1. The van der Waals surface area contributed by atoms with Crippen LogP contribution in [0.5, 0.6) is 0 Å². The minimum atomic E-state index is 0.0455. The van der Waals surface area contributed by atoms with Crippen molar-refractivity contribution in [2.75, 3.05) is 38.0 Å². The van der Waals surface area contributed by atoms with Gasteiger partial charge in [-0.2, -0.15) is 0 Å². The molecule has 30 heavy (non-hydrogen) atoms. The molecule has 1 aliphatic heterocycles. The number of carbonyl (C=O) groups excluding carboxylic acids is 2. The topological polar surface area (TPSA) is 53.9 Å². The molecule has 0 radical (unpaired) electrons. The lowest BCUT2D eigenvalue weighted by Crippen LogP contribution is -3.15. The highest BCUT2D eigenvalue weighted by Gasteiger charge is 2.27. The van der Waals surface area contributed by atoms with E-state index in [9.17, 15) is 9.59 Å². The second-order valence-corrected chi connectivity index (χ2v) is 9.79. The lowest BCUT2D eigenvalue weighted by atomic mass is 10.1. The first-order chi connectivity index (χ1) is 14.5. The van der Waals surface area contributed by atoms with Crippen molar-refractivity contribution in [3.05, 3.63) is 50.7 Å². The first-order valence-corrected chi connectivity index (χ1v) is 11.9. The molecule has 160 valence electrons. The van der Waals surface area contributed by atoms with Crippen LogP contribution in [0.4, 0.5) is 5.69 Å². The summed E-state index contributed by atoms with van der Waals surface area (Å²) in [5.74, 6) is 0.219. The van der Waals surface area contributed by atoms with Crippen molar-refractivity contribution >= 4 is 28.8 Å². The van der Waals surface area contributed by atoms with Crippen LogP contribution in [-0.4, -0.2) is 49.4 Å². The summed E-state index contributed by atoms with van der Waals surface area (Å²) in [4.78, 5) is 31.1. The van der Waals surface area contributed by atoms with Crippen LogP contribution in [-0.2, 0) is 17.6 Å². The van der Waals surface area contributed by atoms with Gasteiger partial charge < -0.3 is 15.1 Å². The fourth-order valence-corrected chi connectivity index (χ4v) is 5.78. The quantitative estimate of drug-likeness (QED) is 0.739. The fraction of sp³-hybridized carbons (Fsp3) is 0.500. The third-order valence-electron chi connectivity index (χ3n) is 6.37. The van der Waals surface area contributed by atoms with E-state index in [1.165, 1.54) is 34.6 Å². The minimum Gasteiger partial charge on any atom is -0.327 e. The summed E-state index contributed by atoms with van der Waals surface area (Å²) in [7, 11) is 0. The lowest BCUT2D eigenvalue weighted by Gasteiger charge is -2.31. The molecule has 0 atom stereocenters. The third-order valence-corrected chi connectivity index (χ3v) is 7.60. The summed E-state index contributed by atoms with van der Waals surface area (Å²) in [5, 5.41) is 3.08. The van der Waals surface area contributed by atoms with Crippen LogP contribution in [0.2, 0.25) is 0 Å². The average Bonchev–Trinajstić information content (AvgIpc) is 3.01. The number of quaternary nitrogens is 1. The van der Waals surface area contributed by atoms with Gasteiger partial charge in [0.15, 0.2) is 6.54 Å². The van der Waals surface area contributed by atoms with Gasteiger partial charge in [0.05, 0.1) is 31.1 Å². The number of nitrogens with one attached hydrogen (secondary N) is 2. The first kappa shape index (κ1) is 21.1. The van der Waals surface area contributed by atoms with E-state index in [1.54, 1.807) is 11.3 Å². The number of amides is 2. The zero-order valence-corrected chi connectivity index (χ0v) is 18.9. The Morgan fingerprint density at radius 3 is 2.50 bits per heavy atom. The first-order valence-electron chi connectivity index (χ1n) is 11.1. The van der Waals surface area contributed by atoms with Crippen molar-refractivity contribution in [2.45, 2.75) is 46.0 Å². The summed E-state index contributed by atoms with van der Waals surface area (Å²) in [6.45, 7) is 7.55. The van der Waals surface area contributed by atoms with Gasteiger partial charge in [-0.15, -0.1) is 11.3 Å². The van der Waals surface area contributed by atoms with Gasteiger partial charge in [-0.25, -0.2) is 0 Å². The van der Waals surface area contributed by atoms with Crippen LogP contribution in [0.3, 0.4) is 0 Å². The van der Waals surface area contributed by atoms with E-state index >= 15 is 0 Å². The average molecular weight is 427 g/mol. The number of thiophene rings is 1. The smallest absolute Gasteiger partial charge is 0.279 e. The summed E-state index contributed by atoms with van der Waals surface area (Å²) < 4.78 is 0. The molecule has 0 spiro atoms. The van der Waals surface area contributed by atoms with Crippen LogP contribution in [0.25, 0.3) is 0 Å². The number of anilines is 1. The molecule has 1 aromatic carbocycles. The van der Waals surface area contributed by atoms with E-state index in [0.29, 0.717) is 19.6 Å². The summed E-state index contributed by atoms with van der Waals surface area (Å²) in [6.07, 6.45) is 6.02. The van der Waals surface area contributed by atoms with Crippen molar-refractivity contribution in [3.63, 3.8) is 0 Å². The van der Waals surface area contributed by atoms with E-state index < -0.39 is 0 Å². The number of carbonyl (C=O) groups is 2. The number of nitrogens with zero attached hydrogens (tertiary/aromatic N) is 1. The molecule has 0 saturated carbocycles. The number of hydrogen-bond donors (Lipinski definition) is 2. The highest BCUT2D eigenvalue weighted by molar-refractivity contribution is 7.14. The van der Waals surface area contributed by atoms with E-state index in [1.807, 2.05) is 36.9 Å². The molecule has 1 saturated heterocycles. The number of benzene rings is 1. The molecule has 1 aromatic heterocycles. The Morgan fingerprint density at radius 1 is 1.07 bits per heavy atom. The van der Waals surface area contributed by atoms with Crippen molar-refractivity contribution in [1.29, 1.82) is 0 Å². The molecule has 6 heteroatoms. The molecule has 2 amide bonds. The Hall–Kier alpha value is -2.18. The van der Waals surface area contributed by atoms with Crippen molar-refractivity contribution in [1.82, 2.24) is 4.90 Å². The second-order valence-electron chi connectivity index (χ2n) is 8.65. The van der Waals surface area contributed by atoms with Crippen LogP contribution >= 0.6 is 11.3 Å². The molecule has 5 nitrogen and oxygen atoms in total. The van der Waals surface area contributed by atoms with Crippen molar-refractivity contribution in [3.8, 4) is 0 Å². The molecule has 2 aliphatic rings. The second kappa shape index (κ2) is 9.31. The monoisotopic (exact) mass is 426 g/mol. The predicted molar refractivity (Wildman–Crippen MR) is 122 cm³/mol. The molecule has 2 N–H and O–H groups in total. The zero-order valence-electron chi connectivity index (χ0n) is 18.1. The van der Waals surface area contributed by atoms with Gasteiger partial charge in [-0.1, -0.05) is 24.6 Å². The van der Waals surface area contributed by atoms with Gasteiger partial charge in [-0.05, 0) is 62.3 Å². The molecule has 0 bridgehead atoms.